The number of amides is 1. The van der Waals surface area contributed by atoms with Crippen molar-refractivity contribution in [3.8, 4) is 28.4 Å². The van der Waals surface area contributed by atoms with E-state index in [1.807, 2.05) is 0 Å². The second kappa shape index (κ2) is 8.12. The number of fused-ring (bicyclic) bond motifs is 1. The predicted octanol–water partition coefficient (Wildman–Crippen LogP) is 5.28. The molecule has 1 aliphatic heterocycles. The van der Waals surface area contributed by atoms with Crippen molar-refractivity contribution < 1.29 is 50.1 Å². The quantitative estimate of drug-likeness (QED) is 0.402. The Morgan fingerprint density at radius 3 is 2.12 bits per heavy atom. The lowest BCUT2D eigenvalue weighted by atomic mass is 10.00. The molecule has 12 heteroatoms. The number of phenolic OH excluding ortho intramolecular Hbond substituents is 1. The SMILES string of the molecule is COc1ccc(CN2C(=O)C(F)(F)Oc3cc(F)c(-c4c(F)c(F)c(O)c(F)c4F)cc32)cc1. The Kier molecular flexibility index (Phi) is 5.54. The first-order valence-electron chi connectivity index (χ1n) is 9.36. The van der Waals surface area contributed by atoms with Crippen molar-refractivity contribution in [3.05, 3.63) is 71.0 Å². The molecule has 0 spiro atoms. The van der Waals surface area contributed by atoms with E-state index < -0.39 is 76.0 Å². The molecule has 0 aliphatic carbocycles. The summed E-state index contributed by atoms with van der Waals surface area (Å²) in [4.78, 5) is 12.9. The van der Waals surface area contributed by atoms with E-state index in [4.69, 9.17) is 9.84 Å². The van der Waals surface area contributed by atoms with E-state index in [1.54, 1.807) is 0 Å². The van der Waals surface area contributed by atoms with Gasteiger partial charge in [-0.15, -0.1) is 0 Å². The van der Waals surface area contributed by atoms with Crippen LogP contribution in [0.15, 0.2) is 36.4 Å². The number of anilines is 1. The number of rotatable bonds is 4. The molecule has 1 N–H and O–H groups in total. The number of halogens is 7. The molecule has 5 nitrogen and oxygen atoms in total. The fourth-order valence-corrected chi connectivity index (χ4v) is 3.40. The van der Waals surface area contributed by atoms with E-state index in [0.29, 0.717) is 28.3 Å². The Balaban J connectivity index is 1.89. The Bertz CT molecular complexity index is 1280. The number of ether oxygens (including phenoxy) is 2. The average molecular weight is 487 g/mol. The van der Waals surface area contributed by atoms with Crippen LogP contribution in [0.1, 0.15) is 5.56 Å². The zero-order valence-electron chi connectivity index (χ0n) is 16.9. The summed E-state index contributed by atoms with van der Waals surface area (Å²) in [5.41, 5.74) is -2.89. The van der Waals surface area contributed by atoms with Gasteiger partial charge in [-0.05, 0) is 23.8 Å². The number of methoxy groups -OCH3 is 1. The summed E-state index contributed by atoms with van der Waals surface area (Å²) in [5, 5.41) is 9.15. The number of hydrogen-bond acceptors (Lipinski definition) is 4. The van der Waals surface area contributed by atoms with Crippen LogP contribution in [-0.2, 0) is 11.3 Å². The number of hydrogen-bond donors (Lipinski definition) is 1. The molecule has 178 valence electrons. The molecule has 0 bridgehead atoms. The molecule has 3 aromatic carbocycles. The third kappa shape index (κ3) is 3.64. The van der Waals surface area contributed by atoms with Gasteiger partial charge in [-0.2, -0.15) is 17.6 Å². The number of alkyl halides is 2. The zero-order chi connectivity index (χ0) is 24.9. The summed E-state index contributed by atoms with van der Waals surface area (Å²) >= 11 is 0. The summed E-state index contributed by atoms with van der Waals surface area (Å²) in [5.74, 6) is -14.5. The van der Waals surface area contributed by atoms with Gasteiger partial charge in [0.25, 0.3) is 0 Å². The van der Waals surface area contributed by atoms with Gasteiger partial charge in [0.05, 0.1) is 24.9 Å². The molecule has 1 aliphatic rings. The largest absolute Gasteiger partial charge is 0.503 e. The normalized spacial score (nSPS) is 14.6. The van der Waals surface area contributed by atoms with Crippen LogP contribution in [0.2, 0.25) is 0 Å². The number of aromatic hydroxyl groups is 1. The van der Waals surface area contributed by atoms with E-state index >= 15 is 0 Å². The topological polar surface area (TPSA) is 59.0 Å². The summed E-state index contributed by atoms with van der Waals surface area (Å²) in [7, 11) is 1.39. The Labute approximate surface area is 186 Å². The Morgan fingerprint density at radius 2 is 1.56 bits per heavy atom. The van der Waals surface area contributed by atoms with Crippen molar-refractivity contribution in [3.63, 3.8) is 0 Å². The highest BCUT2D eigenvalue weighted by atomic mass is 19.3. The van der Waals surface area contributed by atoms with E-state index in [9.17, 15) is 35.5 Å². The number of benzene rings is 3. The molecule has 3 aromatic rings. The highest BCUT2D eigenvalue weighted by Crippen LogP contribution is 2.45. The van der Waals surface area contributed by atoms with Gasteiger partial charge in [0, 0.05) is 11.6 Å². The lowest BCUT2D eigenvalue weighted by Crippen LogP contribution is -2.50. The van der Waals surface area contributed by atoms with Crippen molar-refractivity contribution in [2.45, 2.75) is 12.7 Å². The molecule has 0 atom stereocenters. The van der Waals surface area contributed by atoms with E-state index in [1.165, 1.54) is 31.4 Å². The van der Waals surface area contributed by atoms with Crippen LogP contribution in [0.4, 0.5) is 36.4 Å². The second-order valence-electron chi connectivity index (χ2n) is 7.14. The summed E-state index contributed by atoms with van der Waals surface area (Å²) in [6, 6.07) is 6.67. The zero-order valence-corrected chi connectivity index (χ0v) is 16.9. The van der Waals surface area contributed by atoms with E-state index in [-0.39, 0.29) is 0 Å². The predicted molar refractivity (Wildman–Crippen MR) is 103 cm³/mol. The van der Waals surface area contributed by atoms with Gasteiger partial charge >= 0.3 is 12.0 Å². The number of carbonyl (C=O) groups is 1. The Hall–Kier alpha value is -3.96. The lowest BCUT2D eigenvalue weighted by molar-refractivity contribution is -0.193. The van der Waals surface area contributed by atoms with Gasteiger partial charge in [-0.1, -0.05) is 12.1 Å². The molecule has 0 unspecified atom stereocenters. The fourth-order valence-electron chi connectivity index (χ4n) is 3.40. The average Bonchev–Trinajstić information content (AvgIpc) is 2.80. The highest BCUT2D eigenvalue weighted by Gasteiger charge is 2.51. The number of nitrogens with zero attached hydrogens (tertiary/aromatic N) is 1. The first kappa shape index (κ1) is 23.2. The maximum atomic E-state index is 14.7. The molecule has 0 saturated heterocycles. The molecule has 34 heavy (non-hydrogen) atoms. The Morgan fingerprint density at radius 1 is 0.971 bits per heavy atom. The fraction of sp³-hybridized carbons (Fsp3) is 0.136. The van der Waals surface area contributed by atoms with Crippen LogP contribution >= 0.6 is 0 Å². The first-order chi connectivity index (χ1) is 16.0. The van der Waals surface area contributed by atoms with Gasteiger partial charge < -0.3 is 14.6 Å². The van der Waals surface area contributed by atoms with Crippen LogP contribution in [-0.4, -0.2) is 24.2 Å². The molecule has 0 fully saturated rings. The van der Waals surface area contributed by atoms with Crippen molar-refractivity contribution in [1.82, 2.24) is 0 Å². The van der Waals surface area contributed by atoms with Crippen molar-refractivity contribution in [2.75, 3.05) is 12.0 Å². The summed E-state index contributed by atoms with van der Waals surface area (Å²) < 4.78 is 109. The van der Waals surface area contributed by atoms with Gasteiger partial charge in [0.2, 0.25) is 11.6 Å². The first-order valence-corrected chi connectivity index (χ1v) is 9.36. The highest BCUT2D eigenvalue weighted by molar-refractivity contribution is 6.01. The molecular weight excluding hydrogens is 475 g/mol. The molecule has 1 heterocycles. The summed E-state index contributed by atoms with van der Waals surface area (Å²) in [6.45, 7) is -0.511. The smallest absolute Gasteiger partial charge is 0.482 e. The van der Waals surface area contributed by atoms with Gasteiger partial charge in [-0.25, -0.2) is 13.2 Å². The maximum absolute atomic E-state index is 14.7. The maximum Gasteiger partial charge on any atom is 0.482 e. The third-order valence-electron chi connectivity index (χ3n) is 5.08. The second-order valence-corrected chi connectivity index (χ2v) is 7.14. The molecular formula is C22H12F7NO4. The lowest BCUT2D eigenvalue weighted by Gasteiger charge is -2.34. The van der Waals surface area contributed by atoms with E-state index in [2.05, 4.69) is 4.74 Å². The minimum Gasteiger partial charge on any atom is -0.503 e. The minimum absolute atomic E-state index is 0.299. The molecule has 0 aromatic heterocycles. The van der Waals surface area contributed by atoms with Crippen LogP contribution in [0.5, 0.6) is 17.2 Å². The molecule has 0 radical (unpaired) electrons. The minimum atomic E-state index is -4.40. The van der Waals surface area contributed by atoms with Gasteiger partial charge in [0.15, 0.2) is 23.1 Å². The molecule has 4 rings (SSSR count). The van der Waals surface area contributed by atoms with Gasteiger partial charge in [0.1, 0.15) is 11.6 Å². The van der Waals surface area contributed by atoms with Crippen LogP contribution in [0.25, 0.3) is 11.1 Å². The van der Waals surface area contributed by atoms with Gasteiger partial charge in [-0.3, -0.25) is 9.69 Å². The number of phenols is 1. The number of carbonyl (C=O) groups excluding carboxylic acids is 1. The van der Waals surface area contributed by atoms with Crippen LogP contribution in [0.3, 0.4) is 0 Å². The standard InChI is InChI=1S/C22H12F7NO4/c1-33-10-4-2-9(3-5-10)8-30-13-6-11(12(23)7-14(13)34-22(28,29)21(30)32)15-16(24)18(26)20(31)19(27)17(15)25/h2-7,31H,8H2,1H3. The molecule has 1 amide bonds. The van der Waals surface area contributed by atoms with Crippen molar-refractivity contribution in [1.29, 1.82) is 0 Å². The summed E-state index contributed by atoms with van der Waals surface area (Å²) in [6.07, 6.45) is -4.40. The van der Waals surface area contributed by atoms with Crippen molar-refractivity contribution >= 4 is 11.6 Å². The van der Waals surface area contributed by atoms with Crippen LogP contribution < -0.4 is 14.4 Å². The molecule has 0 saturated carbocycles. The monoisotopic (exact) mass is 487 g/mol. The van der Waals surface area contributed by atoms with E-state index in [0.717, 1.165) is 0 Å². The van der Waals surface area contributed by atoms with Crippen molar-refractivity contribution in [2.24, 2.45) is 0 Å². The van der Waals surface area contributed by atoms with Crippen LogP contribution in [0, 0.1) is 29.1 Å². The third-order valence-corrected chi connectivity index (χ3v) is 5.08.